The average molecular weight is 430 g/mol. The van der Waals surface area contributed by atoms with Gasteiger partial charge in [-0.1, -0.05) is 96.2 Å². The van der Waals surface area contributed by atoms with Crippen molar-refractivity contribution in [2.75, 3.05) is 0 Å². The summed E-state index contributed by atoms with van der Waals surface area (Å²) in [5.74, 6) is -1.55. The number of halogens is 1. The van der Waals surface area contributed by atoms with Gasteiger partial charge >= 0.3 is 5.97 Å². The zero-order valence-electron chi connectivity index (χ0n) is 14.6. The summed E-state index contributed by atoms with van der Waals surface area (Å²) in [5.41, 5.74) is 1.71. The lowest BCUT2D eigenvalue weighted by Gasteiger charge is -2.23. The SMILES string of the molecule is O=C(O)[C@H](Cc1ccccc1)N1C(=O)/C(=C/C(Cl)=C/c2ccccc2)SC1=S. The molecule has 2 aromatic rings. The Morgan fingerprint density at radius 2 is 1.75 bits per heavy atom. The Morgan fingerprint density at radius 3 is 2.36 bits per heavy atom. The van der Waals surface area contributed by atoms with E-state index in [1.165, 1.54) is 6.08 Å². The Balaban J connectivity index is 1.83. The quantitative estimate of drug-likeness (QED) is 0.532. The fourth-order valence-corrected chi connectivity index (χ4v) is 4.40. The van der Waals surface area contributed by atoms with Gasteiger partial charge in [-0.2, -0.15) is 0 Å². The smallest absolute Gasteiger partial charge is 0.327 e. The average Bonchev–Trinajstić information content (AvgIpc) is 2.94. The minimum atomic E-state index is -1.10. The number of aliphatic carboxylic acids is 1. The van der Waals surface area contributed by atoms with Gasteiger partial charge in [0.2, 0.25) is 0 Å². The van der Waals surface area contributed by atoms with Gasteiger partial charge in [-0.05, 0) is 23.3 Å². The van der Waals surface area contributed by atoms with E-state index >= 15 is 0 Å². The van der Waals surface area contributed by atoms with Crippen LogP contribution in [0.1, 0.15) is 11.1 Å². The van der Waals surface area contributed by atoms with Crippen LogP contribution >= 0.6 is 35.6 Å². The van der Waals surface area contributed by atoms with Gasteiger partial charge in [0, 0.05) is 11.5 Å². The molecule has 0 saturated carbocycles. The molecule has 1 fully saturated rings. The Labute approximate surface area is 177 Å². The van der Waals surface area contributed by atoms with Gasteiger partial charge in [-0.15, -0.1) is 0 Å². The highest BCUT2D eigenvalue weighted by atomic mass is 35.5. The number of hydrogen-bond donors (Lipinski definition) is 1. The second kappa shape index (κ2) is 9.19. The molecular formula is C21H16ClNO3S2. The van der Waals surface area contributed by atoms with Crippen molar-refractivity contribution >= 4 is 57.9 Å². The van der Waals surface area contributed by atoms with Gasteiger partial charge in [-0.25, -0.2) is 4.79 Å². The molecule has 1 amide bonds. The van der Waals surface area contributed by atoms with Crippen molar-refractivity contribution < 1.29 is 14.7 Å². The highest BCUT2D eigenvalue weighted by Crippen LogP contribution is 2.34. The maximum absolute atomic E-state index is 12.8. The van der Waals surface area contributed by atoms with Gasteiger partial charge in [0.15, 0.2) is 0 Å². The van der Waals surface area contributed by atoms with Crippen LogP contribution in [0.25, 0.3) is 6.08 Å². The maximum atomic E-state index is 12.8. The van der Waals surface area contributed by atoms with Crippen molar-refractivity contribution in [2.45, 2.75) is 12.5 Å². The fourth-order valence-electron chi connectivity index (χ4n) is 2.75. The number of carboxylic acid groups (broad SMARTS) is 1. The first-order valence-electron chi connectivity index (χ1n) is 8.42. The normalized spacial score (nSPS) is 17.2. The minimum Gasteiger partial charge on any atom is -0.480 e. The number of thioether (sulfide) groups is 1. The second-order valence-electron chi connectivity index (χ2n) is 6.04. The van der Waals surface area contributed by atoms with Crippen LogP contribution < -0.4 is 0 Å². The van der Waals surface area contributed by atoms with E-state index in [9.17, 15) is 14.7 Å². The number of thiocarbonyl (C=S) groups is 1. The summed E-state index contributed by atoms with van der Waals surface area (Å²) in [6.45, 7) is 0. The van der Waals surface area contributed by atoms with Crippen LogP contribution in [0.4, 0.5) is 0 Å². The van der Waals surface area contributed by atoms with Crippen LogP contribution in [0.5, 0.6) is 0 Å². The Hall–Kier alpha value is -2.41. The van der Waals surface area contributed by atoms with Gasteiger partial charge < -0.3 is 5.11 Å². The van der Waals surface area contributed by atoms with Crippen molar-refractivity contribution in [2.24, 2.45) is 0 Å². The number of carboxylic acids is 1. The van der Waals surface area contributed by atoms with E-state index in [0.717, 1.165) is 27.8 Å². The van der Waals surface area contributed by atoms with Crippen LogP contribution in [0.2, 0.25) is 0 Å². The lowest BCUT2D eigenvalue weighted by molar-refractivity contribution is -0.145. The number of carbonyl (C=O) groups is 2. The van der Waals surface area contributed by atoms with Gasteiger partial charge in [0.25, 0.3) is 5.91 Å². The number of benzene rings is 2. The Morgan fingerprint density at radius 1 is 1.14 bits per heavy atom. The molecule has 0 bridgehead atoms. The van der Waals surface area contributed by atoms with E-state index in [-0.39, 0.29) is 10.7 Å². The largest absolute Gasteiger partial charge is 0.480 e. The monoisotopic (exact) mass is 429 g/mol. The van der Waals surface area contributed by atoms with Crippen molar-refractivity contribution in [3.8, 4) is 0 Å². The van der Waals surface area contributed by atoms with E-state index in [2.05, 4.69) is 0 Å². The predicted octanol–water partition coefficient (Wildman–Crippen LogP) is 4.71. The summed E-state index contributed by atoms with van der Waals surface area (Å²) >= 11 is 12.6. The highest BCUT2D eigenvalue weighted by molar-refractivity contribution is 8.26. The molecule has 0 spiro atoms. The molecule has 1 atom stereocenters. The van der Waals surface area contributed by atoms with Crippen molar-refractivity contribution in [3.05, 3.63) is 87.8 Å². The molecule has 0 unspecified atom stereocenters. The van der Waals surface area contributed by atoms with Crippen LogP contribution in [0, 0.1) is 0 Å². The zero-order valence-corrected chi connectivity index (χ0v) is 17.0. The standard InChI is InChI=1S/C21H16ClNO3S2/c22-16(11-14-7-3-1-4-8-14)13-18-19(24)23(21(27)28-18)17(20(25)26)12-15-9-5-2-6-10-15/h1-11,13,17H,12H2,(H,25,26)/b16-11-,18-13-/t17-/m0/s1. The third kappa shape index (κ3) is 4.90. The van der Waals surface area contributed by atoms with Crippen molar-refractivity contribution in [1.29, 1.82) is 0 Å². The summed E-state index contributed by atoms with van der Waals surface area (Å²) < 4.78 is 0.212. The first-order chi connectivity index (χ1) is 13.5. The first-order valence-corrected chi connectivity index (χ1v) is 10.0. The third-order valence-electron chi connectivity index (χ3n) is 4.07. The molecule has 3 rings (SSSR count). The number of allylic oxidation sites excluding steroid dienone is 2. The molecule has 0 aromatic heterocycles. The number of amides is 1. The lowest BCUT2D eigenvalue weighted by Crippen LogP contribution is -2.45. The maximum Gasteiger partial charge on any atom is 0.327 e. The summed E-state index contributed by atoms with van der Waals surface area (Å²) in [6, 6.07) is 17.5. The summed E-state index contributed by atoms with van der Waals surface area (Å²) in [6.07, 6.45) is 3.42. The molecule has 0 radical (unpaired) electrons. The molecule has 142 valence electrons. The Kier molecular flexibility index (Phi) is 6.67. The van der Waals surface area contributed by atoms with Crippen molar-refractivity contribution in [3.63, 3.8) is 0 Å². The topological polar surface area (TPSA) is 57.6 Å². The van der Waals surface area contributed by atoms with E-state index in [0.29, 0.717) is 9.94 Å². The minimum absolute atomic E-state index is 0.170. The molecule has 7 heteroatoms. The van der Waals surface area contributed by atoms with E-state index in [1.807, 2.05) is 60.7 Å². The number of rotatable bonds is 6. The first kappa shape index (κ1) is 20.3. The van der Waals surface area contributed by atoms with Gasteiger partial charge in [0.05, 0.1) is 4.91 Å². The van der Waals surface area contributed by atoms with Crippen molar-refractivity contribution in [1.82, 2.24) is 4.90 Å². The molecule has 1 heterocycles. The summed E-state index contributed by atoms with van der Waals surface area (Å²) in [4.78, 5) is 26.1. The lowest BCUT2D eigenvalue weighted by atomic mass is 10.0. The highest BCUT2D eigenvalue weighted by Gasteiger charge is 2.40. The number of nitrogens with zero attached hydrogens (tertiary/aromatic N) is 1. The molecule has 1 N–H and O–H groups in total. The van der Waals surface area contributed by atoms with Crippen LogP contribution in [0.3, 0.4) is 0 Å². The predicted molar refractivity (Wildman–Crippen MR) is 117 cm³/mol. The molecule has 1 saturated heterocycles. The number of carbonyl (C=O) groups excluding carboxylic acids is 1. The molecule has 0 aliphatic carbocycles. The molecule has 28 heavy (non-hydrogen) atoms. The van der Waals surface area contributed by atoms with Gasteiger partial charge in [0.1, 0.15) is 10.4 Å². The van der Waals surface area contributed by atoms with Crippen LogP contribution in [0.15, 0.2) is 76.7 Å². The Bertz CT molecular complexity index is 958. The van der Waals surface area contributed by atoms with Crippen LogP contribution in [-0.2, 0) is 16.0 Å². The van der Waals surface area contributed by atoms with Crippen LogP contribution in [-0.4, -0.2) is 32.2 Å². The molecule has 4 nitrogen and oxygen atoms in total. The third-order valence-corrected chi connectivity index (χ3v) is 5.61. The summed E-state index contributed by atoms with van der Waals surface area (Å²) in [7, 11) is 0. The van der Waals surface area contributed by atoms with E-state index in [1.54, 1.807) is 6.08 Å². The fraction of sp³-hybridized carbons (Fsp3) is 0.0952. The van der Waals surface area contributed by atoms with Gasteiger partial charge in [-0.3, -0.25) is 9.69 Å². The molecule has 2 aromatic carbocycles. The molecular weight excluding hydrogens is 414 g/mol. The zero-order chi connectivity index (χ0) is 20.1. The van der Waals surface area contributed by atoms with E-state index < -0.39 is 17.9 Å². The molecule has 1 aliphatic rings. The van der Waals surface area contributed by atoms with E-state index in [4.69, 9.17) is 23.8 Å². The second-order valence-corrected chi connectivity index (χ2v) is 8.15. The molecule has 1 aliphatic heterocycles. The number of hydrogen-bond acceptors (Lipinski definition) is 4. The summed E-state index contributed by atoms with van der Waals surface area (Å²) in [5, 5.41) is 10.0.